The van der Waals surface area contributed by atoms with Crippen LogP contribution in [-0.4, -0.2) is 59.0 Å². The predicted octanol–water partition coefficient (Wildman–Crippen LogP) is 2.06. The maximum Gasteiger partial charge on any atom is 0.255 e. The third kappa shape index (κ3) is 3.17. The van der Waals surface area contributed by atoms with Crippen molar-refractivity contribution in [3.63, 3.8) is 0 Å². The van der Waals surface area contributed by atoms with E-state index < -0.39 is 0 Å². The van der Waals surface area contributed by atoms with E-state index in [1.54, 1.807) is 12.3 Å². The Hall–Kier alpha value is -1.53. The van der Waals surface area contributed by atoms with E-state index in [9.17, 15) is 4.79 Å². The van der Waals surface area contributed by atoms with Gasteiger partial charge in [0.25, 0.3) is 5.91 Å². The third-order valence-electron chi connectivity index (χ3n) is 5.65. The number of rotatable bonds is 4. The van der Waals surface area contributed by atoms with Gasteiger partial charge in [-0.05, 0) is 37.7 Å². The molecule has 6 nitrogen and oxygen atoms in total. The van der Waals surface area contributed by atoms with Crippen LogP contribution in [0.15, 0.2) is 18.5 Å². The summed E-state index contributed by atoms with van der Waals surface area (Å²) >= 11 is 0. The molecule has 1 saturated heterocycles. The number of carbonyl (C=O) groups is 1. The Morgan fingerprint density at radius 1 is 1.25 bits per heavy atom. The van der Waals surface area contributed by atoms with Gasteiger partial charge in [-0.3, -0.25) is 4.79 Å². The molecule has 0 radical (unpaired) electrons. The molecule has 2 aliphatic carbocycles. The lowest BCUT2D eigenvalue weighted by atomic mass is 10.1. The molecule has 0 bridgehead atoms. The molecule has 0 N–H and O–H groups in total. The lowest BCUT2D eigenvalue weighted by Gasteiger charge is -2.39. The molecular formula is C18H25N3O3. The van der Waals surface area contributed by atoms with Crippen molar-refractivity contribution in [2.75, 3.05) is 19.8 Å². The Kier molecular flexibility index (Phi) is 4.76. The summed E-state index contributed by atoms with van der Waals surface area (Å²) in [6.45, 7) is 2.06. The van der Waals surface area contributed by atoms with Gasteiger partial charge >= 0.3 is 0 Å². The summed E-state index contributed by atoms with van der Waals surface area (Å²) in [5, 5.41) is 7.57. The van der Waals surface area contributed by atoms with Crippen molar-refractivity contribution in [2.45, 2.75) is 56.8 Å². The molecule has 0 unspecified atom stereocenters. The molecule has 1 amide bonds. The number of amides is 1. The van der Waals surface area contributed by atoms with E-state index in [-0.39, 0.29) is 24.2 Å². The van der Waals surface area contributed by atoms with Crippen LogP contribution in [0, 0.1) is 5.92 Å². The molecule has 3 fully saturated rings. The molecule has 130 valence electrons. The van der Waals surface area contributed by atoms with E-state index in [1.165, 1.54) is 31.9 Å². The highest BCUT2D eigenvalue weighted by molar-refractivity contribution is 5.94. The molecule has 6 heteroatoms. The Bertz CT molecular complexity index is 562. The van der Waals surface area contributed by atoms with E-state index >= 15 is 0 Å². The molecule has 2 heterocycles. The first kappa shape index (κ1) is 16.0. The molecule has 1 aromatic heterocycles. The molecule has 0 spiro atoms. The van der Waals surface area contributed by atoms with Crippen molar-refractivity contribution in [1.29, 1.82) is 0 Å². The van der Waals surface area contributed by atoms with Crippen LogP contribution in [0.5, 0.6) is 0 Å². The van der Waals surface area contributed by atoms with Crippen LogP contribution < -0.4 is 0 Å². The minimum absolute atomic E-state index is 0.0129. The number of hydrogen-bond donors (Lipinski definition) is 0. The first-order chi connectivity index (χ1) is 11.8. The van der Waals surface area contributed by atoms with Gasteiger partial charge in [0.2, 0.25) is 0 Å². The Morgan fingerprint density at radius 3 is 2.92 bits per heavy atom. The molecule has 1 aliphatic heterocycles. The van der Waals surface area contributed by atoms with Crippen LogP contribution in [0.3, 0.4) is 0 Å². The van der Waals surface area contributed by atoms with Crippen molar-refractivity contribution in [3.8, 4) is 0 Å². The molecule has 3 atom stereocenters. The molecule has 0 aromatic carbocycles. The van der Waals surface area contributed by atoms with Gasteiger partial charge in [-0.25, -0.2) is 0 Å². The van der Waals surface area contributed by atoms with Crippen LogP contribution in [0.25, 0.3) is 0 Å². The number of carbonyl (C=O) groups excluding carboxylic acids is 1. The first-order valence-electron chi connectivity index (χ1n) is 9.14. The molecular weight excluding hydrogens is 306 g/mol. The summed E-state index contributed by atoms with van der Waals surface area (Å²) < 4.78 is 12.2. The van der Waals surface area contributed by atoms with Gasteiger partial charge in [0.1, 0.15) is 6.10 Å². The number of hydrogen-bond acceptors (Lipinski definition) is 5. The number of fused-ring (bicyclic) bond motifs is 1. The normalized spacial score (nSPS) is 30.5. The van der Waals surface area contributed by atoms with Crippen LogP contribution in [-0.2, 0) is 9.47 Å². The van der Waals surface area contributed by atoms with Crippen molar-refractivity contribution in [1.82, 2.24) is 15.1 Å². The van der Waals surface area contributed by atoms with Gasteiger partial charge in [0, 0.05) is 13.2 Å². The average molecular weight is 331 g/mol. The fourth-order valence-electron chi connectivity index (χ4n) is 4.37. The van der Waals surface area contributed by atoms with Gasteiger partial charge in [0.15, 0.2) is 0 Å². The van der Waals surface area contributed by atoms with Gasteiger partial charge in [-0.2, -0.15) is 10.2 Å². The topological polar surface area (TPSA) is 64.6 Å². The van der Waals surface area contributed by atoms with Crippen LogP contribution in [0.4, 0.5) is 0 Å². The summed E-state index contributed by atoms with van der Waals surface area (Å²) in [4.78, 5) is 14.7. The fourth-order valence-corrected chi connectivity index (χ4v) is 4.37. The summed E-state index contributed by atoms with van der Waals surface area (Å²) in [7, 11) is 0. The second-order valence-electron chi connectivity index (χ2n) is 7.13. The second-order valence-corrected chi connectivity index (χ2v) is 7.13. The zero-order valence-corrected chi connectivity index (χ0v) is 14.0. The third-order valence-corrected chi connectivity index (χ3v) is 5.65. The number of morpholine rings is 1. The van der Waals surface area contributed by atoms with E-state index in [1.807, 2.05) is 4.90 Å². The largest absolute Gasteiger partial charge is 0.375 e. The summed E-state index contributed by atoms with van der Waals surface area (Å²) in [6.07, 6.45) is 10.4. The SMILES string of the molecule is O=C(c1ccnnc1)N1CCO[C@H]2[C@H](OCC3CCCC3)CC[C@@H]21. The van der Waals surface area contributed by atoms with E-state index in [4.69, 9.17) is 9.47 Å². The standard InChI is InChI=1S/C18H25N3O3/c22-18(14-7-8-19-20-11-14)21-9-10-23-17-15(21)5-6-16(17)24-12-13-3-1-2-4-13/h7-8,11,13,15-17H,1-6,9-10,12H2/t15-,16+,17+/m0/s1. The minimum atomic E-state index is 0.0129. The van der Waals surface area contributed by atoms with Crippen LogP contribution in [0.1, 0.15) is 48.9 Å². The summed E-state index contributed by atoms with van der Waals surface area (Å²) in [6, 6.07) is 1.84. The highest BCUT2D eigenvalue weighted by Crippen LogP contribution is 2.34. The van der Waals surface area contributed by atoms with Gasteiger partial charge in [-0.1, -0.05) is 12.8 Å². The fraction of sp³-hybridized carbons (Fsp3) is 0.722. The number of aromatic nitrogens is 2. The predicted molar refractivity (Wildman–Crippen MR) is 87.5 cm³/mol. The van der Waals surface area contributed by atoms with E-state index in [0.29, 0.717) is 24.6 Å². The van der Waals surface area contributed by atoms with Gasteiger partial charge in [-0.15, -0.1) is 0 Å². The van der Waals surface area contributed by atoms with Crippen LogP contribution >= 0.6 is 0 Å². The minimum Gasteiger partial charge on any atom is -0.375 e. The van der Waals surface area contributed by atoms with Gasteiger partial charge in [0.05, 0.1) is 36.7 Å². The summed E-state index contributed by atoms with van der Waals surface area (Å²) in [5.74, 6) is 0.743. The number of nitrogens with zero attached hydrogens (tertiary/aromatic N) is 3. The number of ether oxygens (including phenoxy) is 2. The van der Waals surface area contributed by atoms with E-state index in [2.05, 4.69) is 10.2 Å². The maximum absolute atomic E-state index is 12.8. The Labute approximate surface area is 142 Å². The zero-order chi connectivity index (χ0) is 16.4. The first-order valence-corrected chi connectivity index (χ1v) is 9.14. The zero-order valence-electron chi connectivity index (χ0n) is 14.0. The molecule has 2 saturated carbocycles. The Balaban J connectivity index is 1.40. The highest BCUT2D eigenvalue weighted by atomic mass is 16.5. The van der Waals surface area contributed by atoms with Crippen molar-refractivity contribution in [2.24, 2.45) is 5.92 Å². The second kappa shape index (κ2) is 7.15. The molecule has 24 heavy (non-hydrogen) atoms. The molecule has 1 aromatic rings. The van der Waals surface area contributed by atoms with Gasteiger partial charge < -0.3 is 14.4 Å². The lowest BCUT2D eigenvalue weighted by molar-refractivity contribution is -0.109. The average Bonchev–Trinajstić information content (AvgIpc) is 3.29. The highest BCUT2D eigenvalue weighted by Gasteiger charge is 2.45. The summed E-state index contributed by atoms with van der Waals surface area (Å²) in [5.41, 5.74) is 0.598. The quantitative estimate of drug-likeness (QED) is 0.845. The van der Waals surface area contributed by atoms with Crippen molar-refractivity contribution >= 4 is 5.91 Å². The monoisotopic (exact) mass is 331 g/mol. The van der Waals surface area contributed by atoms with Crippen molar-refractivity contribution in [3.05, 3.63) is 24.0 Å². The maximum atomic E-state index is 12.8. The van der Waals surface area contributed by atoms with Crippen LogP contribution in [0.2, 0.25) is 0 Å². The van der Waals surface area contributed by atoms with E-state index in [0.717, 1.165) is 19.4 Å². The van der Waals surface area contributed by atoms with Crippen molar-refractivity contribution < 1.29 is 14.3 Å². The molecule has 3 aliphatic rings. The smallest absolute Gasteiger partial charge is 0.255 e. The Morgan fingerprint density at radius 2 is 2.12 bits per heavy atom. The molecule has 4 rings (SSSR count). The lowest BCUT2D eigenvalue weighted by Crippen LogP contribution is -2.54.